The smallest absolute Gasteiger partial charge is 0.166 e. The van der Waals surface area contributed by atoms with Gasteiger partial charge in [-0.05, 0) is 38.8 Å². The van der Waals surface area contributed by atoms with Crippen molar-refractivity contribution in [3.05, 3.63) is 29.8 Å². The zero-order valence-electron chi connectivity index (χ0n) is 11.9. The predicted octanol–water partition coefficient (Wildman–Crippen LogP) is 3.99. The van der Waals surface area contributed by atoms with Crippen molar-refractivity contribution in [3.8, 4) is 11.8 Å². The zero-order valence-corrected chi connectivity index (χ0v) is 11.9. The maximum Gasteiger partial charge on any atom is 0.166 e. The van der Waals surface area contributed by atoms with Gasteiger partial charge in [0, 0.05) is 6.42 Å². The van der Waals surface area contributed by atoms with Crippen LogP contribution in [0.15, 0.2) is 24.3 Å². The van der Waals surface area contributed by atoms with Gasteiger partial charge in [0.05, 0.1) is 23.7 Å². The lowest BCUT2D eigenvalue weighted by Gasteiger charge is -2.15. The fourth-order valence-corrected chi connectivity index (χ4v) is 1.77. The first-order valence-electron chi connectivity index (χ1n) is 6.66. The Bertz CT molecular complexity index is 472. The van der Waals surface area contributed by atoms with Gasteiger partial charge in [0.2, 0.25) is 0 Å². The van der Waals surface area contributed by atoms with Crippen LogP contribution in [0.2, 0.25) is 0 Å². The van der Waals surface area contributed by atoms with Gasteiger partial charge < -0.3 is 4.74 Å². The van der Waals surface area contributed by atoms with Crippen molar-refractivity contribution in [1.29, 1.82) is 5.26 Å². The Labute approximate surface area is 115 Å². The first-order chi connectivity index (χ1) is 9.00. The van der Waals surface area contributed by atoms with Crippen LogP contribution in [0.5, 0.6) is 5.75 Å². The Balaban J connectivity index is 2.55. The minimum atomic E-state index is -0.317. The second-order valence-electron chi connectivity index (χ2n) is 5.22. The van der Waals surface area contributed by atoms with Crippen molar-refractivity contribution in [1.82, 2.24) is 0 Å². The molecule has 0 bridgehead atoms. The number of ether oxygens (including phenoxy) is 1. The van der Waals surface area contributed by atoms with E-state index in [1.807, 2.05) is 39.0 Å². The van der Waals surface area contributed by atoms with Crippen LogP contribution in [0, 0.1) is 16.7 Å². The monoisotopic (exact) mass is 259 g/mol. The molecule has 3 nitrogen and oxygen atoms in total. The lowest BCUT2D eigenvalue weighted by molar-refractivity contribution is 0.0984. The van der Waals surface area contributed by atoms with Gasteiger partial charge in [-0.15, -0.1) is 0 Å². The van der Waals surface area contributed by atoms with Crippen LogP contribution in [-0.2, 0) is 0 Å². The van der Waals surface area contributed by atoms with Crippen LogP contribution in [0.4, 0.5) is 0 Å². The fraction of sp³-hybridized carbons (Fsp3) is 0.500. The summed E-state index contributed by atoms with van der Waals surface area (Å²) in [6.07, 6.45) is 2.06. The average molecular weight is 259 g/mol. The van der Waals surface area contributed by atoms with Crippen molar-refractivity contribution >= 4 is 5.78 Å². The zero-order chi connectivity index (χ0) is 14.3. The molecule has 0 saturated heterocycles. The summed E-state index contributed by atoms with van der Waals surface area (Å²) < 4.78 is 5.67. The number of rotatable bonds is 7. The fourth-order valence-electron chi connectivity index (χ4n) is 1.77. The number of carbonyl (C=O) groups excluding carboxylic acids is 1. The summed E-state index contributed by atoms with van der Waals surface area (Å²) in [5.74, 6) is 0.733. The highest BCUT2D eigenvalue weighted by Gasteiger charge is 2.16. The molecule has 0 aromatic heterocycles. The molecule has 0 aliphatic rings. The number of hydrogen-bond donors (Lipinski definition) is 0. The summed E-state index contributed by atoms with van der Waals surface area (Å²) in [6.45, 7) is 6.21. The molecule has 0 radical (unpaired) electrons. The van der Waals surface area contributed by atoms with Gasteiger partial charge >= 0.3 is 0 Å². The van der Waals surface area contributed by atoms with Gasteiger partial charge in [-0.2, -0.15) is 5.26 Å². The van der Waals surface area contributed by atoms with Crippen molar-refractivity contribution in [2.24, 2.45) is 5.41 Å². The van der Waals surface area contributed by atoms with Crippen LogP contribution in [0.3, 0.4) is 0 Å². The van der Waals surface area contributed by atoms with E-state index in [2.05, 4.69) is 6.07 Å². The molecular formula is C16H21NO2. The summed E-state index contributed by atoms with van der Waals surface area (Å²) in [4.78, 5) is 11.7. The van der Waals surface area contributed by atoms with E-state index in [-0.39, 0.29) is 11.2 Å². The predicted molar refractivity (Wildman–Crippen MR) is 75.2 cm³/mol. The number of para-hydroxylation sites is 1. The molecule has 0 unspecified atom stereocenters. The van der Waals surface area contributed by atoms with Gasteiger partial charge in [0.25, 0.3) is 0 Å². The minimum absolute atomic E-state index is 0.0907. The number of benzene rings is 1. The van der Waals surface area contributed by atoms with E-state index in [0.29, 0.717) is 24.3 Å². The van der Waals surface area contributed by atoms with E-state index in [0.717, 1.165) is 12.8 Å². The highest BCUT2D eigenvalue weighted by molar-refractivity contribution is 5.98. The molecule has 0 saturated carbocycles. The van der Waals surface area contributed by atoms with Crippen molar-refractivity contribution in [2.75, 3.05) is 6.61 Å². The highest BCUT2D eigenvalue weighted by atomic mass is 16.5. The van der Waals surface area contributed by atoms with Gasteiger partial charge in [0.1, 0.15) is 5.75 Å². The summed E-state index contributed by atoms with van der Waals surface area (Å²) in [6, 6.07) is 9.58. The van der Waals surface area contributed by atoms with Gasteiger partial charge in [-0.3, -0.25) is 4.79 Å². The third-order valence-electron chi connectivity index (χ3n) is 3.01. The summed E-state index contributed by atoms with van der Waals surface area (Å²) in [5, 5.41) is 8.92. The third-order valence-corrected chi connectivity index (χ3v) is 3.01. The number of nitrogens with zero attached hydrogens (tertiary/aromatic N) is 1. The van der Waals surface area contributed by atoms with Crippen molar-refractivity contribution in [3.63, 3.8) is 0 Å². The van der Waals surface area contributed by atoms with Gasteiger partial charge in [-0.25, -0.2) is 0 Å². The quantitative estimate of drug-likeness (QED) is 0.549. The Morgan fingerprint density at radius 2 is 2.05 bits per heavy atom. The van der Waals surface area contributed by atoms with E-state index in [4.69, 9.17) is 10.00 Å². The number of ketones is 1. The average Bonchev–Trinajstić information content (AvgIpc) is 2.43. The molecule has 1 aromatic carbocycles. The lowest BCUT2D eigenvalue weighted by Crippen LogP contribution is -2.11. The maximum absolute atomic E-state index is 11.7. The highest BCUT2D eigenvalue weighted by Crippen LogP contribution is 2.23. The molecule has 0 spiro atoms. The first kappa shape index (κ1) is 15.2. The van der Waals surface area contributed by atoms with Crippen molar-refractivity contribution < 1.29 is 9.53 Å². The van der Waals surface area contributed by atoms with Crippen LogP contribution in [0.25, 0.3) is 0 Å². The van der Waals surface area contributed by atoms with Crippen LogP contribution in [-0.4, -0.2) is 12.4 Å². The van der Waals surface area contributed by atoms with Crippen molar-refractivity contribution in [2.45, 2.75) is 40.0 Å². The molecule has 102 valence electrons. The number of hydrogen-bond acceptors (Lipinski definition) is 3. The molecule has 0 aliphatic heterocycles. The van der Waals surface area contributed by atoms with Gasteiger partial charge in [-0.1, -0.05) is 19.1 Å². The molecule has 1 rings (SSSR count). The first-order valence-corrected chi connectivity index (χ1v) is 6.66. The molecule has 3 heteroatoms. The molecule has 0 amide bonds. The minimum Gasteiger partial charge on any atom is -0.493 e. The standard InChI is InChI=1S/C16H21NO2/c1-4-14(18)13-8-5-6-9-15(13)19-11-7-10-16(2,3)12-17/h5-6,8-9H,4,7,10-11H2,1-3H3. The lowest BCUT2D eigenvalue weighted by atomic mass is 9.90. The van der Waals surface area contributed by atoms with Crippen LogP contribution >= 0.6 is 0 Å². The summed E-state index contributed by atoms with van der Waals surface area (Å²) >= 11 is 0. The Kier molecular flexibility index (Phi) is 5.57. The summed E-state index contributed by atoms with van der Waals surface area (Å²) in [5.41, 5.74) is 0.326. The second-order valence-corrected chi connectivity index (χ2v) is 5.22. The number of carbonyl (C=O) groups is 1. The van der Waals surface area contributed by atoms with E-state index in [1.165, 1.54) is 0 Å². The molecular weight excluding hydrogens is 238 g/mol. The number of Topliss-reactive ketones (excluding diaryl/α,β-unsaturated/α-hetero) is 1. The molecule has 1 aromatic rings. The van der Waals surface area contributed by atoms with E-state index in [1.54, 1.807) is 6.07 Å². The third kappa shape index (κ3) is 4.75. The van der Waals surface area contributed by atoms with E-state index in [9.17, 15) is 4.79 Å². The molecule has 0 aliphatic carbocycles. The van der Waals surface area contributed by atoms with E-state index >= 15 is 0 Å². The molecule has 0 N–H and O–H groups in total. The van der Waals surface area contributed by atoms with Crippen LogP contribution in [0.1, 0.15) is 50.4 Å². The molecule has 19 heavy (non-hydrogen) atoms. The molecule has 0 fully saturated rings. The normalized spacial score (nSPS) is 10.8. The summed E-state index contributed by atoms with van der Waals surface area (Å²) in [7, 11) is 0. The molecule has 0 atom stereocenters. The molecule has 0 heterocycles. The Morgan fingerprint density at radius 1 is 1.37 bits per heavy atom. The van der Waals surface area contributed by atoms with Crippen LogP contribution < -0.4 is 4.74 Å². The topological polar surface area (TPSA) is 50.1 Å². The maximum atomic E-state index is 11.7. The Hall–Kier alpha value is -1.82. The largest absolute Gasteiger partial charge is 0.493 e. The Morgan fingerprint density at radius 3 is 2.68 bits per heavy atom. The van der Waals surface area contributed by atoms with Gasteiger partial charge in [0.15, 0.2) is 5.78 Å². The van der Waals surface area contributed by atoms with E-state index < -0.39 is 0 Å². The second kappa shape index (κ2) is 6.94. The SMILES string of the molecule is CCC(=O)c1ccccc1OCCCC(C)(C)C#N. The number of nitriles is 1.